The van der Waals surface area contributed by atoms with Crippen molar-refractivity contribution in [1.82, 2.24) is 9.13 Å². The second-order valence-corrected chi connectivity index (χ2v) is 16.0. The Morgan fingerprint density at radius 2 is 1.02 bits per heavy atom. The first kappa shape index (κ1) is 33.7. The number of aromatic nitrogens is 2. The molecule has 0 aliphatic heterocycles. The van der Waals surface area contributed by atoms with E-state index in [0.29, 0.717) is 0 Å². The Labute approximate surface area is 342 Å². The van der Waals surface area contributed by atoms with E-state index in [1.165, 1.54) is 101 Å². The molecule has 3 nitrogen and oxygen atoms in total. The molecule has 0 aliphatic rings. The molecule has 0 spiro atoms. The van der Waals surface area contributed by atoms with Crippen molar-refractivity contribution in [2.24, 2.45) is 0 Å². The van der Waals surface area contributed by atoms with Crippen LogP contribution in [-0.4, -0.2) is 9.13 Å². The van der Waals surface area contributed by atoms with Crippen molar-refractivity contribution in [2.75, 3.05) is 0 Å². The first-order valence-corrected chi connectivity index (χ1v) is 20.8. The van der Waals surface area contributed by atoms with Gasteiger partial charge in [0.2, 0.25) is 0 Å². The van der Waals surface area contributed by atoms with Crippen molar-refractivity contribution < 1.29 is 4.42 Å². The van der Waals surface area contributed by atoms with E-state index in [4.69, 9.17) is 4.42 Å². The number of para-hydroxylation sites is 2. The van der Waals surface area contributed by atoms with Crippen LogP contribution in [0.15, 0.2) is 192 Å². The summed E-state index contributed by atoms with van der Waals surface area (Å²) in [6.07, 6.45) is 3.57. The van der Waals surface area contributed by atoms with Crippen LogP contribution in [-0.2, 0) is 6.42 Å². The normalized spacial score (nSPS) is 12.0. The second kappa shape index (κ2) is 13.4. The molecular formula is C56H40N2O. The Kier molecular flexibility index (Phi) is 7.64. The number of nitrogens with zero attached hydrogens (tertiary/aromatic N) is 2. The number of aryl methyl sites for hydroxylation is 1. The average Bonchev–Trinajstić information content (AvgIpc) is 3.95. The summed E-state index contributed by atoms with van der Waals surface area (Å²) in [5.41, 5.74) is 15.0. The van der Waals surface area contributed by atoms with Gasteiger partial charge in [0.25, 0.3) is 0 Å². The lowest BCUT2D eigenvalue weighted by Gasteiger charge is -2.11. The molecule has 0 aliphatic carbocycles. The zero-order valence-electron chi connectivity index (χ0n) is 32.8. The summed E-state index contributed by atoms with van der Waals surface area (Å²) >= 11 is 0. The molecule has 0 atom stereocenters. The molecule has 0 unspecified atom stereocenters. The smallest absolute Gasteiger partial charge is 0.137 e. The third-order valence-corrected chi connectivity index (χ3v) is 12.5. The van der Waals surface area contributed by atoms with Gasteiger partial charge >= 0.3 is 0 Å². The molecule has 12 aromatic rings. The van der Waals surface area contributed by atoms with Crippen LogP contribution in [0.3, 0.4) is 0 Å². The van der Waals surface area contributed by atoms with Crippen LogP contribution >= 0.6 is 0 Å². The van der Waals surface area contributed by atoms with E-state index in [1.54, 1.807) is 0 Å². The molecule has 0 fully saturated rings. The Morgan fingerprint density at radius 1 is 0.407 bits per heavy atom. The molecule has 0 bridgehead atoms. The van der Waals surface area contributed by atoms with Gasteiger partial charge in [0.1, 0.15) is 11.2 Å². The van der Waals surface area contributed by atoms with Crippen LogP contribution < -0.4 is 0 Å². The summed E-state index contributed by atoms with van der Waals surface area (Å²) in [7, 11) is 0. The minimum atomic E-state index is 0.887. The fraction of sp³-hybridized carbons (Fsp3) is 0.0714. The molecule has 280 valence electrons. The van der Waals surface area contributed by atoms with Crippen molar-refractivity contribution in [3.05, 3.63) is 194 Å². The van der Waals surface area contributed by atoms with Crippen molar-refractivity contribution in [3.8, 4) is 33.6 Å². The third-order valence-electron chi connectivity index (χ3n) is 12.5. The topological polar surface area (TPSA) is 23.0 Å². The third kappa shape index (κ3) is 5.35. The quantitative estimate of drug-likeness (QED) is 0.159. The lowest BCUT2D eigenvalue weighted by Crippen LogP contribution is -1.95. The molecule has 12 rings (SSSR count). The summed E-state index contributed by atoms with van der Waals surface area (Å²) in [5, 5.41) is 9.78. The monoisotopic (exact) mass is 756 g/mol. The Balaban J connectivity index is 1.00. The van der Waals surface area contributed by atoms with E-state index in [9.17, 15) is 0 Å². The number of benzene rings is 9. The summed E-state index contributed by atoms with van der Waals surface area (Å²) in [4.78, 5) is 0. The predicted molar refractivity (Wildman–Crippen MR) is 249 cm³/mol. The van der Waals surface area contributed by atoms with Gasteiger partial charge in [-0.2, -0.15) is 0 Å². The Bertz CT molecular complexity index is 3600. The highest BCUT2D eigenvalue weighted by Crippen LogP contribution is 2.42. The standard InChI is InChI=1S/C56H40N2O/c1-2-3-12-36-21-22-39-32-43(27-23-38(39)31-36)57-49-17-9-7-15-44(49)46-33-41(24-28-51(46)57)42-25-29-52-47(34-42)45-16-8-10-18-50(45)58(52)53-19-11-20-55-56(53)48-35-40(26-30-54(48)59-55)37-13-5-4-6-14-37/h4-11,13-35H,2-3,12H2,1H3. The van der Waals surface area contributed by atoms with Crippen molar-refractivity contribution in [2.45, 2.75) is 26.2 Å². The molecule has 3 heteroatoms. The zero-order chi connectivity index (χ0) is 39.0. The van der Waals surface area contributed by atoms with Crippen LogP contribution in [0.2, 0.25) is 0 Å². The van der Waals surface area contributed by atoms with E-state index in [2.05, 4.69) is 204 Å². The number of fused-ring (bicyclic) bond motifs is 10. The van der Waals surface area contributed by atoms with Crippen molar-refractivity contribution in [3.63, 3.8) is 0 Å². The highest BCUT2D eigenvalue weighted by Gasteiger charge is 2.20. The minimum Gasteiger partial charge on any atom is -0.456 e. The maximum atomic E-state index is 6.50. The van der Waals surface area contributed by atoms with Gasteiger partial charge in [-0.1, -0.05) is 129 Å². The van der Waals surface area contributed by atoms with Gasteiger partial charge in [0.15, 0.2) is 0 Å². The largest absolute Gasteiger partial charge is 0.456 e. The fourth-order valence-corrected chi connectivity index (χ4v) is 9.61. The highest BCUT2D eigenvalue weighted by molar-refractivity contribution is 6.16. The molecule has 3 heterocycles. The molecule has 9 aromatic carbocycles. The first-order valence-electron chi connectivity index (χ1n) is 20.8. The molecule has 0 radical (unpaired) electrons. The maximum Gasteiger partial charge on any atom is 0.137 e. The second-order valence-electron chi connectivity index (χ2n) is 16.0. The van der Waals surface area contributed by atoms with Crippen molar-refractivity contribution in [1.29, 1.82) is 0 Å². The van der Waals surface area contributed by atoms with Crippen LogP contribution in [0.4, 0.5) is 0 Å². The molecule has 0 saturated carbocycles. The van der Waals surface area contributed by atoms with E-state index in [1.807, 2.05) is 0 Å². The van der Waals surface area contributed by atoms with Crippen LogP contribution in [0.1, 0.15) is 25.3 Å². The first-order chi connectivity index (χ1) is 29.2. The van der Waals surface area contributed by atoms with Crippen molar-refractivity contribution >= 4 is 76.3 Å². The van der Waals surface area contributed by atoms with Gasteiger partial charge < -0.3 is 13.6 Å². The molecular weight excluding hydrogens is 717 g/mol. The summed E-state index contributed by atoms with van der Waals surface area (Å²) in [6.45, 7) is 2.26. The Hall–Kier alpha value is -7.36. The van der Waals surface area contributed by atoms with Gasteiger partial charge in [-0.25, -0.2) is 0 Å². The lowest BCUT2D eigenvalue weighted by molar-refractivity contribution is 0.669. The van der Waals surface area contributed by atoms with E-state index >= 15 is 0 Å². The molecule has 0 saturated heterocycles. The van der Waals surface area contributed by atoms with E-state index in [0.717, 1.165) is 34.0 Å². The maximum absolute atomic E-state index is 6.50. The van der Waals surface area contributed by atoms with Crippen LogP contribution in [0.25, 0.3) is 110 Å². The number of hydrogen-bond donors (Lipinski definition) is 0. The number of hydrogen-bond acceptors (Lipinski definition) is 1. The summed E-state index contributed by atoms with van der Waals surface area (Å²) < 4.78 is 11.4. The Morgan fingerprint density at radius 3 is 1.78 bits per heavy atom. The van der Waals surface area contributed by atoms with Gasteiger partial charge in [0, 0.05) is 32.6 Å². The fourth-order valence-electron chi connectivity index (χ4n) is 9.61. The van der Waals surface area contributed by atoms with Gasteiger partial charge in [-0.15, -0.1) is 0 Å². The van der Waals surface area contributed by atoms with Gasteiger partial charge in [-0.3, -0.25) is 0 Å². The van der Waals surface area contributed by atoms with Crippen LogP contribution in [0.5, 0.6) is 0 Å². The van der Waals surface area contributed by atoms with Gasteiger partial charge in [-0.05, 0) is 124 Å². The minimum absolute atomic E-state index is 0.887. The average molecular weight is 757 g/mol. The summed E-state index contributed by atoms with van der Waals surface area (Å²) in [5.74, 6) is 0. The SMILES string of the molecule is CCCCc1ccc2cc(-n3c4ccccc4c4cc(-c5ccc6c(c5)c5ccccc5n6-c5cccc6oc7ccc(-c8ccccc8)cc7c56)ccc43)ccc2c1. The number of rotatable bonds is 7. The number of furan rings is 1. The van der Waals surface area contributed by atoms with Crippen LogP contribution in [0, 0.1) is 0 Å². The zero-order valence-corrected chi connectivity index (χ0v) is 32.8. The molecule has 59 heavy (non-hydrogen) atoms. The van der Waals surface area contributed by atoms with E-state index in [-0.39, 0.29) is 0 Å². The predicted octanol–water partition coefficient (Wildman–Crippen LogP) is 15.6. The molecule has 3 aromatic heterocycles. The van der Waals surface area contributed by atoms with Gasteiger partial charge in [0.05, 0.1) is 33.1 Å². The van der Waals surface area contributed by atoms with E-state index < -0.39 is 0 Å². The molecule has 0 N–H and O–H groups in total. The molecule has 0 amide bonds. The highest BCUT2D eigenvalue weighted by atomic mass is 16.3. The number of unbranched alkanes of at least 4 members (excludes halogenated alkanes) is 1. The lowest BCUT2D eigenvalue weighted by atomic mass is 10.0. The summed E-state index contributed by atoms with van der Waals surface area (Å²) in [6, 6.07) is 69.0.